The van der Waals surface area contributed by atoms with Crippen LogP contribution in [-0.4, -0.2) is 9.55 Å². The molecule has 0 unspecified atom stereocenters. The number of fused-ring (bicyclic) bond motifs is 1. The maximum absolute atomic E-state index is 12.2. The number of nitriles is 1. The lowest BCUT2D eigenvalue weighted by Crippen LogP contribution is -2.25. The van der Waals surface area contributed by atoms with Gasteiger partial charge in [-0.3, -0.25) is 4.57 Å². The molecule has 112 valence electrons. The van der Waals surface area contributed by atoms with E-state index in [2.05, 4.69) is 18.0 Å². The predicted octanol–water partition coefficient (Wildman–Crippen LogP) is 3.98. The Bertz CT molecular complexity index is 697. The summed E-state index contributed by atoms with van der Waals surface area (Å²) in [6, 6.07) is 7.91. The molecule has 0 radical (unpaired) electrons. The largest absolute Gasteiger partial charge is 0.326 e. The lowest BCUT2D eigenvalue weighted by atomic mass is 9.87. The van der Waals surface area contributed by atoms with Crippen LogP contribution in [-0.2, 0) is 0 Å². The molecule has 4 nitrogen and oxygen atoms in total. The summed E-state index contributed by atoms with van der Waals surface area (Å²) in [6.45, 7) is 6.27. The van der Waals surface area contributed by atoms with Crippen molar-refractivity contribution in [1.82, 2.24) is 9.55 Å². The highest BCUT2D eigenvalue weighted by Crippen LogP contribution is 2.32. The van der Waals surface area contributed by atoms with E-state index in [4.69, 9.17) is 5.26 Å². The minimum atomic E-state index is -0.0859. The Kier molecular flexibility index (Phi) is 4.85. The molecule has 1 N–H and O–H groups in total. The van der Waals surface area contributed by atoms with Gasteiger partial charge in [0, 0.05) is 6.04 Å². The monoisotopic (exact) mass is 285 g/mol. The van der Waals surface area contributed by atoms with E-state index in [0.29, 0.717) is 11.1 Å². The lowest BCUT2D eigenvalue weighted by Gasteiger charge is -2.27. The minimum Gasteiger partial charge on any atom is -0.304 e. The molecule has 1 aromatic carbocycles. The van der Waals surface area contributed by atoms with Gasteiger partial charge < -0.3 is 4.98 Å². The van der Waals surface area contributed by atoms with Gasteiger partial charge in [0.1, 0.15) is 6.07 Å². The summed E-state index contributed by atoms with van der Waals surface area (Å²) < 4.78 is 1.85. The molecule has 0 aliphatic heterocycles. The average Bonchev–Trinajstić information content (AvgIpc) is 2.86. The third-order valence-electron chi connectivity index (χ3n) is 4.22. The first-order valence-electron chi connectivity index (χ1n) is 7.84. The number of imidazole rings is 1. The van der Waals surface area contributed by atoms with Crippen LogP contribution in [0.15, 0.2) is 23.0 Å². The van der Waals surface area contributed by atoms with Crippen molar-refractivity contribution in [3.8, 4) is 6.07 Å². The Labute approximate surface area is 125 Å². The minimum absolute atomic E-state index is 0.0859. The molecule has 3 rings (SSSR count). The summed E-state index contributed by atoms with van der Waals surface area (Å²) >= 11 is 0. The van der Waals surface area contributed by atoms with E-state index in [0.717, 1.165) is 24.3 Å². The summed E-state index contributed by atoms with van der Waals surface area (Å²) in [7, 11) is 0. The van der Waals surface area contributed by atoms with Crippen LogP contribution in [0.5, 0.6) is 0 Å². The Balaban J connectivity index is 0.000000774. The lowest BCUT2D eigenvalue weighted by molar-refractivity contribution is 0.290. The number of benzene rings is 1. The highest BCUT2D eigenvalue weighted by Gasteiger charge is 2.23. The van der Waals surface area contributed by atoms with Crippen molar-refractivity contribution in [3.63, 3.8) is 0 Å². The molecule has 0 saturated heterocycles. The van der Waals surface area contributed by atoms with Crippen molar-refractivity contribution in [2.24, 2.45) is 5.92 Å². The molecule has 1 aliphatic rings. The van der Waals surface area contributed by atoms with Gasteiger partial charge >= 0.3 is 5.69 Å². The molecule has 1 aromatic heterocycles. The van der Waals surface area contributed by atoms with Crippen LogP contribution >= 0.6 is 0 Å². The van der Waals surface area contributed by atoms with Crippen molar-refractivity contribution in [2.75, 3.05) is 0 Å². The molecule has 0 bridgehead atoms. The molecule has 1 aliphatic carbocycles. The van der Waals surface area contributed by atoms with E-state index in [9.17, 15) is 4.79 Å². The molecule has 1 fully saturated rings. The van der Waals surface area contributed by atoms with Gasteiger partial charge in [-0.15, -0.1) is 0 Å². The number of aromatic amines is 1. The second-order valence-electron chi connectivity index (χ2n) is 5.53. The second-order valence-corrected chi connectivity index (χ2v) is 5.53. The van der Waals surface area contributed by atoms with Crippen LogP contribution in [0, 0.1) is 17.2 Å². The van der Waals surface area contributed by atoms with Gasteiger partial charge in [0.15, 0.2) is 0 Å². The molecule has 0 spiro atoms. The van der Waals surface area contributed by atoms with Crippen molar-refractivity contribution >= 4 is 11.0 Å². The van der Waals surface area contributed by atoms with Crippen LogP contribution < -0.4 is 5.69 Å². The fourth-order valence-electron chi connectivity index (χ4n) is 3.11. The normalized spacial score (nSPS) is 21.4. The average molecular weight is 285 g/mol. The van der Waals surface area contributed by atoms with E-state index in [-0.39, 0.29) is 11.7 Å². The number of aromatic nitrogens is 2. The van der Waals surface area contributed by atoms with Gasteiger partial charge in [-0.1, -0.05) is 26.8 Å². The van der Waals surface area contributed by atoms with Gasteiger partial charge in [-0.2, -0.15) is 5.26 Å². The fourth-order valence-corrected chi connectivity index (χ4v) is 3.11. The smallest absolute Gasteiger partial charge is 0.304 e. The van der Waals surface area contributed by atoms with Crippen molar-refractivity contribution < 1.29 is 0 Å². The number of para-hydroxylation sites is 1. The first kappa shape index (κ1) is 15.4. The molecule has 0 amide bonds. The summed E-state index contributed by atoms with van der Waals surface area (Å²) in [6.07, 6.45) is 4.43. The molecular weight excluding hydrogens is 262 g/mol. The fraction of sp³-hybridized carbons (Fsp3) is 0.529. The number of nitrogens with zero attached hydrogens (tertiary/aromatic N) is 2. The summed E-state index contributed by atoms with van der Waals surface area (Å²) in [4.78, 5) is 15.0. The first-order valence-corrected chi connectivity index (χ1v) is 7.84. The van der Waals surface area contributed by atoms with Crippen molar-refractivity contribution in [2.45, 2.75) is 52.5 Å². The summed E-state index contributed by atoms with van der Waals surface area (Å²) in [5.41, 5.74) is 1.99. The molecule has 1 saturated carbocycles. The zero-order chi connectivity index (χ0) is 15.4. The van der Waals surface area contributed by atoms with Crippen LogP contribution in [0.4, 0.5) is 0 Å². The number of hydrogen-bond donors (Lipinski definition) is 1. The van der Waals surface area contributed by atoms with Crippen LogP contribution in [0.25, 0.3) is 11.0 Å². The number of rotatable bonds is 1. The predicted molar refractivity (Wildman–Crippen MR) is 85.3 cm³/mol. The molecule has 0 atom stereocenters. The third kappa shape index (κ3) is 2.87. The van der Waals surface area contributed by atoms with E-state index >= 15 is 0 Å². The van der Waals surface area contributed by atoms with Gasteiger partial charge in [-0.25, -0.2) is 4.79 Å². The Morgan fingerprint density at radius 3 is 2.52 bits per heavy atom. The molecule has 1 heterocycles. The van der Waals surface area contributed by atoms with E-state index in [1.807, 2.05) is 30.5 Å². The molecule has 2 aromatic rings. The summed E-state index contributed by atoms with van der Waals surface area (Å²) in [5.74, 6) is 0.756. The standard InChI is InChI=1S/C15H17N3O.C2H6/c1-10-5-7-12(8-6-10)18-13-4-2-3-11(9-16)14(13)17-15(18)19;1-2/h2-4,10,12H,5-8H2,1H3,(H,17,19);1-2H3. The quantitative estimate of drug-likeness (QED) is 0.861. The highest BCUT2D eigenvalue weighted by molar-refractivity contribution is 5.81. The van der Waals surface area contributed by atoms with E-state index in [1.165, 1.54) is 12.8 Å². The Morgan fingerprint density at radius 2 is 1.90 bits per heavy atom. The molecular formula is C17H23N3O. The van der Waals surface area contributed by atoms with Crippen LogP contribution in [0.1, 0.15) is 58.1 Å². The maximum Gasteiger partial charge on any atom is 0.326 e. The molecule has 21 heavy (non-hydrogen) atoms. The second kappa shape index (κ2) is 6.62. The zero-order valence-electron chi connectivity index (χ0n) is 13.0. The number of nitrogens with one attached hydrogen (secondary N) is 1. The topological polar surface area (TPSA) is 61.6 Å². The van der Waals surface area contributed by atoms with E-state index in [1.54, 1.807) is 6.07 Å². The number of H-pyrrole nitrogens is 1. The Hall–Kier alpha value is -2.02. The highest BCUT2D eigenvalue weighted by atomic mass is 16.1. The van der Waals surface area contributed by atoms with Gasteiger partial charge in [0.05, 0.1) is 16.6 Å². The van der Waals surface area contributed by atoms with E-state index < -0.39 is 0 Å². The SMILES string of the molecule is CC.CC1CCC(n2c(=O)[nH]c3c(C#N)cccc32)CC1. The van der Waals surface area contributed by atoms with Gasteiger partial charge in [0.2, 0.25) is 0 Å². The van der Waals surface area contributed by atoms with Gasteiger partial charge in [0.25, 0.3) is 0 Å². The van der Waals surface area contributed by atoms with Crippen LogP contribution in [0.2, 0.25) is 0 Å². The van der Waals surface area contributed by atoms with Crippen molar-refractivity contribution in [3.05, 3.63) is 34.2 Å². The maximum atomic E-state index is 12.2. The third-order valence-corrected chi connectivity index (χ3v) is 4.22. The van der Waals surface area contributed by atoms with Crippen molar-refractivity contribution in [1.29, 1.82) is 5.26 Å². The first-order chi connectivity index (χ1) is 10.2. The Morgan fingerprint density at radius 1 is 1.24 bits per heavy atom. The van der Waals surface area contributed by atoms with Gasteiger partial charge in [-0.05, 0) is 43.7 Å². The number of hydrogen-bond acceptors (Lipinski definition) is 2. The zero-order valence-corrected chi connectivity index (χ0v) is 13.0. The summed E-state index contributed by atoms with van der Waals surface area (Å²) in [5, 5.41) is 9.10. The van der Waals surface area contributed by atoms with Crippen LogP contribution in [0.3, 0.4) is 0 Å². The molecule has 4 heteroatoms.